The molecule has 0 unspecified atom stereocenters. The molecule has 1 aromatic heterocycles. The molecule has 0 N–H and O–H groups in total. The summed E-state index contributed by atoms with van der Waals surface area (Å²) >= 11 is 1.45. The van der Waals surface area contributed by atoms with Crippen LogP contribution in [0.1, 0.15) is 10.4 Å². The summed E-state index contributed by atoms with van der Waals surface area (Å²) in [5, 5.41) is 0. The van der Waals surface area contributed by atoms with E-state index in [1.165, 1.54) is 32.7 Å². The minimum Gasteiger partial charge on any atom is -0.497 e. The third kappa shape index (κ3) is 4.79. The van der Waals surface area contributed by atoms with Gasteiger partial charge < -0.3 is 23.5 Å². The van der Waals surface area contributed by atoms with Crippen molar-refractivity contribution >= 4 is 17.2 Å². The Kier molecular flexibility index (Phi) is 7.22. The zero-order chi connectivity index (χ0) is 24.9. The van der Waals surface area contributed by atoms with E-state index < -0.39 is 5.91 Å². The van der Waals surface area contributed by atoms with Crippen molar-refractivity contribution in [1.29, 1.82) is 0 Å². The van der Waals surface area contributed by atoms with Crippen molar-refractivity contribution in [2.75, 3.05) is 28.4 Å². The maximum Gasteiger partial charge on any atom is 0.279 e. The van der Waals surface area contributed by atoms with Gasteiger partial charge in [0.05, 0.1) is 39.0 Å². The van der Waals surface area contributed by atoms with E-state index in [0.29, 0.717) is 27.6 Å². The molecule has 7 nitrogen and oxygen atoms in total. The van der Waals surface area contributed by atoms with Crippen molar-refractivity contribution in [3.63, 3.8) is 0 Å². The third-order valence-electron chi connectivity index (χ3n) is 5.54. The number of thiazole rings is 1. The van der Waals surface area contributed by atoms with Gasteiger partial charge in [0.2, 0.25) is 5.75 Å². The van der Waals surface area contributed by atoms with E-state index in [0.717, 1.165) is 27.4 Å². The minimum atomic E-state index is -0.415. The number of ether oxygens (including phenoxy) is 4. The second kappa shape index (κ2) is 10.5. The van der Waals surface area contributed by atoms with Gasteiger partial charge in [-0.3, -0.25) is 4.79 Å². The van der Waals surface area contributed by atoms with Crippen LogP contribution in [0, 0.1) is 0 Å². The van der Waals surface area contributed by atoms with Crippen LogP contribution in [-0.4, -0.2) is 38.9 Å². The highest BCUT2D eigenvalue weighted by atomic mass is 32.1. The Balaban J connectivity index is 1.87. The molecular formula is C27H26N2O5S. The minimum absolute atomic E-state index is 0.333. The largest absolute Gasteiger partial charge is 0.497 e. The summed E-state index contributed by atoms with van der Waals surface area (Å²) in [6.45, 7) is 0. The normalized spacial score (nSPS) is 11.3. The molecule has 0 atom stereocenters. The second-order valence-corrected chi connectivity index (χ2v) is 8.52. The number of hydrogen-bond acceptors (Lipinski definition) is 6. The zero-order valence-corrected chi connectivity index (χ0v) is 21.0. The SMILES string of the molecule is COc1ccc(-c2c(-c3ccccc3)sc(=NC(=O)c3cc(OC)c(OC)c(OC)c3)n2C)cc1. The molecule has 3 aromatic carbocycles. The summed E-state index contributed by atoms with van der Waals surface area (Å²) in [6.07, 6.45) is 0. The Morgan fingerprint density at radius 3 is 1.97 bits per heavy atom. The first-order valence-electron chi connectivity index (χ1n) is 10.8. The molecule has 0 radical (unpaired) electrons. The van der Waals surface area contributed by atoms with Crippen molar-refractivity contribution in [2.24, 2.45) is 12.0 Å². The first-order valence-corrected chi connectivity index (χ1v) is 11.6. The number of aromatic nitrogens is 1. The van der Waals surface area contributed by atoms with E-state index in [4.69, 9.17) is 18.9 Å². The number of benzene rings is 3. The summed E-state index contributed by atoms with van der Waals surface area (Å²) in [4.78, 5) is 19.3. The average Bonchev–Trinajstić information content (AvgIpc) is 3.23. The topological polar surface area (TPSA) is 71.3 Å². The van der Waals surface area contributed by atoms with Crippen LogP contribution in [0.3, 0.4) is 0 Å². The Labute approximate surface area is 207 Å². The van der Waals surface area contributed by atoms with E-state index in [1.807, 2.05) is 66.2 Å². The molecule has 0 aliphatic rings. The van der Waals surface area contributed by atoms with Crippen molar-refractivity contribution in [3.05, 3.63) is 77.1 Å². The summed E-state index contributed by atoms with van der Waals surface area (Å²) in [5.41, 5.74) is 3.33. The van der Waals surface area contributed by atoms with Gasteiger partial charge in [-0.25, -0.2) is 0 Å². The van der Waals surface area contributed by atoms with Crippen LogP contribution in [0.15, 0.2) is 71.7 Å². The standard InChI is InChI=1S/C27H26N2O5S/c1-29-23(17-11-13-20(31-2)14-12-17)25(18-9-7-6-8-10-18)35-27(29)28-26(30)19-15-21(32-3)24(34-5)22(16-19)33-4/h6-16H,1-5H3. The Hall–Kier alpha value is -4.04. The summed E-state index contributed by atoms with van der Waals surface area (Å²) < 4.78 is 23.4. The van der Waals surface area contributed by atoms with Gasteiger partial charge in [-0.15, -0.1) is 0 Å². The molecule has 0 spiro atoms. The quantitative estimate of drug-likeness (QED) is 0.356. The predicted octanol–water partition coefficient (Wildman–Crippen LogP) is 5.20. The second-order valence-electron chi connectivity index (χ2n) is 7.55. The van der Waals surface area contributed by atoms with Gasteiger partial charge in [0.1, 0.15) is 5.75 Å². The average molecular weight is 491 g/mol. The zero-order valence-electron chi connectivity index (χ0n) is 20.2. The molecule has 0 aliphatic carbocycles. The highest BCUT2D eigenvalue weighted by Gasteiger charge is 2.19. The Morgan fingerprint density at radius 2 is 1.43 bits per heavy atom. The molecule has 1 amide bonds. The fourth-order valence-corrected chi connectivity index (χ4v) is 4.91. The number of rotatable bonds is 7. The highest BCUT2D eigenvalue weighted by Crippen LogP contribution is 2.38. The van der Waals surface area contributed by atoms with E-state index in [9.17, 15) is 4.79 Å². The first-order chi connectivity index (χ1) is 17.0. The number of carbonyl (C=O) groups excluding carboxylic acids is 1. The van der Waals surface area contributed by atoms with E-state index in [1.54, 1.807) is 19.2 Å². The maximum absolute atomic E-state index is 13.2. The smallest absolute Gasteiger partial charge is 0.279 e. The molecular weight excluding hydrogens is 464 g/mol. The van der Waals surface area contributed by atoms with Gasteiger partial charge in [0, 0.05) is 12.6 Å². The van der Waals surface area contributed by atoms with Crippen molar-refractivity contribution < 1.29 is 23.7 Å². The van der Waals surface area contributed by atoms with Gasteiger partial charge in [-0.2, -0.15) is 4.99 Å². The van der Waals surface area contributed by atoms with Crippen molar-refractivity contribution in [3.8, 4) is 44.7 Å². The van der Waals surface area contributed by atoms with E-state index in [2.05, 4.69) is 4.99 Å². The summed E-state index contributed by atoms with van der Waals surface area (Å²) in [6, 6.07) is 21.1. The van der Waals surface area contributed by atoms with Crippen LogP contribution in [0.2, 0.25) is 0 Å². The molecule has 8 heteroatoms. The third-order valence-corrected chi connectivity index (χ3v) is 6.72. The lowest BCUT2D eigenvalue weighted by atomic mass is 10.1. The van der Waals surface area contributed by atoms with Gasteiger partial charge >= 0.3 is 0 Å². The van der Waals surface area contributed by atoms with Crippen LogP contribution in [0.4, 0.5) is 0 Å². The molecule has 180 valence electrons. The molecule has 0 bridgehead atoms. The van der Waals surface area contributed by atoms with E-state index in [-0.39, 0.29) is 0 Å². The lowest BCUT2D eigenvalue weighted by Gasteiger charge is -2.12. The van der Waals surface area contributed by atoms with Crippen molar-refractivity contribution in [1.82, 2.24) is 4.57 Å². The lowest BCUT2D eigenvalue weighted by Crippen LogP contribution is -2.14. The van der Waals surface area contributed by atoms with Crippen LogP contribution >= 0.6 is 11.3 Å². The van der Waals surface area contributed by atoms with E-state index >= 15 is 0 Å². The van der Waals surface area contributed by atoms with Gasteiger partial charge in [-0.05, 0) is 47.5 Å². The van der Waals surface area contributed by atoms with Gasteiger partial charge in [-0.1, -0.05) is 41.7 Å². The lowest BCUT2D eigenvalue weighted by molar-refractivity contribution is 0.0997. The predicted molar refractivity (Wildman–Crippen MR) is 137 cm³/mol. The molecule has 0 saturated heterocycles. The fourth-order valence-electron chi connectivity index (χ4n) is 3.77. The molecule has 4 aromatic rings. The molecule has 1 heterocycles. The fraction of sp³-hybridized carbons (Fsp3) is 0.185. The molecule has 0 fully saturated rings. The molecule has 0 saturated carbocycles. The van der Waals surface area contributed by atoms with Crippen LogP contribution in [0.5, 0.6) is 23.0 Å². The Bertz CT molecular complexity index is 1380. The van der Waals surface area contributed by atoms with Gasteiger partial charge in [0.15, 0.2) is 16.3 Å². The van der Waals surface area contributed by atoms with Crippen molar-refractivity contribution in [2.45, 2.75) is 0 Å². The van der Waals surface area contributed by atoms with Crippen LogP contribution in [0.25, 0.3) is 21.7 Å². The summed E-state index contributed by atoms with van der Waals surface area (Å²) in [7, 11) is 8.08. The molecule has 35 heavy (non-hydrogen) atoms. The van der Waals surface area contributed by atoms with Crippen LogP contribution < -0.4 is 23.7 Å². The number of hydrogen-bond donors (Lipinski definition) is 0. The highest BCUT2D eigenvalue weighted by molar-refractivity contribution is 7.13. The van der Waals surface area contributed by atoms with Gasteiger partial charge in [0.25, 0.3) is 5.91 Å². The maximum atomic E-state index is 13.2. The summed E-state index contributed by atoms with van der Waals surface area (Å²) in [5.74, 6) is 1.56. The number of methoxy groups -OCH3 is 4. The Morgan fingerprint density at radius 1 is 0.800 bits per heavy atom. The van der Waals surface area contributed by atoms with Crippen LogP contribution in [-0.2, 0) is 7.05 Å². The molecule has 0 aliphatic heterocycles. The number of amides is 1. The number of nitrogens with zero attached hydrogens (tertiary/aromatic N) is 2. The monoisotopic (exact) mass is 490 g/mol. The number of carbonyl (C=O) groups is 1. The molecule has 4 rings (SSSR count). The first kappa shape index (κ1) is 24.1.